The van der Waals surface area contributed by atoms with Gasteiger partial charge in [-0.15, -0.1) is 0 Å². The zero-order valence-electron chi connectivity index (χ0n) is 10.9. The van der Waals surface area contributed by atoms with Crippen molar-refractivity contribution in [2.24, 2.45) is 0 Å². The van der Waals surface area contributed by atoms with E-state index < -0.39 is 18.6 Å². The summed E-state index contributed by atoms with van der Waals surface area (Å²) in [6.07, 6.45) is -1.23. The van der Waals surface area contributed by atoms with Gasteiger partial charge in [0, 0.05) is 12.1 Å². The van der Waals surface area contributed by atoms with Crippen molar-refractivity contribution >= 4 is 5.91 Å². The first-order chi connectivity index (χ1) is 8.37. The second kappa shape index (κ2) is 6.41. The second-order valence-electron chi connectivity index (χ2n) is 4.76. The summed E-state index contributed by atoms with van der Waals surface area (Å²) in [6.45, 7) is 2.47. The Labute approximate surface area is 106 Å². The lowest BCUT2D eigenvalue weighted by Gasteiger charge is -2.31. The van der Waals surface area contributed by atoms with E-state index in [0.717, 1.165) is 17.7 Å². The van der Waals surface area contributed by atoms with Gasteiger partial charge in [0.25, 0.3) is 0 Å². The molecule has 0 aromatic carbocycles. The molecule has 0 aromatic rings. The molecule has 1 aliphatic rings. The maximum absolute atomic E-state index is 12.5. The predicted octanol–water partition coefficient (Wildman–Crippen LogP) is 2.32. The first-order valence-electron chi connectivity index (χ1n) is 6.47. The fraction of sp³-hybridized carbons (Fsp3) is 0.917. The van der Waals surface area contributed by atoms with Gasteiger partial charge in [0.1, 0.15) is 6.54 Å². The molecule has 1 aliphatic carbocycles. The number of nitrogens with zero attached hydrogens (tertiary/aromatic N) is 1. The van der Waals surface area contributed by atoms with Crippen molar-refractivity contribution in [3.8, 4) is 0 Å². The molecule has 1 rings (SSSR count). The zero-order chi connectivity index (χ0) is 13.8. The third-order valence-electron chi connectivity index (χ3n) is 3.17. The Balaban J connectivity index is 2.58. The topological polar surface area (TPSA) is 32.3 Å². The van der Waals surface area contributed by atoms with E-state index in [2.05, 4.69) is 5.32 Å². The highest BCUT2D eigenvalue weighted by atomic mass is 19.4. The van der Waals surface area contributed by atoms with E-state index in [1.165, 1.54) is 0 Å². The summed E-state index contributed by atoms with van der Waals surface area (Å²) in [5, 5.41) is 2.97. The molecule has 0 aliphatic heterocycles. The summed E-state index contributed by atoms with van der Waals surface area (Å²) in [6, 6.07) is -0.0106. The van der Waals surface area contributed by atoms with Gasteiger partial charge in [-0.1, -0.05) is 13.8 Å². The molecule has 0 heterocycles. The first kappa shape index (κ1) is 15.3. The predicted molar refractivity (Wildman–Crippen MR) is 63.2 cm³/mol. The maximum atomic E-state index is 12.5. The Hall–Kier alpha value is -0.780. The molecule has 1 saturated carbocycles. The summed E-state index contributed by atoms with van der Waals surface area (Å²) in [4.78, 5) is 12.8. The van der Waals surface area contributed by atoms with Gasteiger partial charge in [0.05, 0.1) is 6.54 Å². The third kappa shape index (κ3) is 5.25. The van der Waals surface area contributed by atoms with Gasteiger partial charge in [-0.05, 0) is 25.7 Å². The van der Waals surface area contributed by atoms with Crippen LogP contribution in [-0.2, 0) is 4.79 Å². The fourth-order valence-electron chi connectivity index (χ4n) is 1.96. The van der Waals surface area contributed by atoms with Crippen LogP contribution in [0.4, 0.5) is 13.2 Å². The Morgan fingerprint density at radius 3 is 2.28 bits per heavy atom. The van der Waals surface area contributed by atoms with Crippen LogP contribution in [-0.4, -0.2) is 42.2 Å². The summed E-state index contributed by atoms with van der Waals surface area (Å²) >= 11 is 0. The van der Waals surface area contributed by atoms with Crippen LogP contribution in [0.3, 0.4) is 0 Å². The molecule has 0 bridgehead atoms. The molecule has 0 saturated heterocycles. The minimum Gasteiger partial charge on any atom is -0.330 e. The number of carbonyl (C=O) groups is 1. The van der Waals surface area contributed by atoms with Crippen molar-refractivity contribution in [1.82, 2.24) is 10.2 Å². The minimum absolute atomic E-state index is 0.0112. The van der Waals surface area contributed by atoms with Crippen LogP contribution >= 0.6 is 0 Å². The lowest BCUT2D eigenvalue weighted by atomic mass is 10.1. The molecular weight excluding hydrogens is 245 g/mol. The normalized spacial score (nSPS) is 16.1. The van der Waals surface area contributed by atoms with Gasteiger partial charge in [0.2, 0.25) is 5.91 Å². The molecule has 1 fully saturated rings. The van der Waals surface area contributed by atoms with Crippen molar-refractivity contribution in [3.05, 3.63) is 0 Å². The van der Waals surface area contributed by atoms with E-state index in [-0.39, 0.29) is 12.6 Å². The Kier molecular flexibility index (Phi) is 5.44. The number of alkyl halides is 3. The Morgan fingerprint density at radius 2 is 1.89 bits per heavy atom. The largest absolute Gasteiger partial charge is 0.406 e. The number of nitrogens with one attached hydrogen (secondary N) is 1. The van der Waals surface area contributed by atoms with E-state index in [1.54, 1.807) is 13.8 Å². The molecule has 0 spiro atoms. The van der Waals surface area contributed by atoms with Gasteiger partial charge in [-0.3, -0.25) is 4.79 Å². The molecule has 1 amide bonds. The van der Waals surface area contributed by atoms with Gasteiger partial charge in [-0.2, -0.15) is 13.2 Å². The number of halogens is 3. The van der Waals surface area contributed by atoms with Crippen molar-refractivity contribution in [2.45, 2.75) is 57.8 Å². The number of carbonyl (C=O) groups excluding carboxylic acids is 1. The van der Waals surface area contributed by atoms with E-state index in [1.807, 2.05) is 0 Å². The van der Waals surface area contributed by atoms with Crippen LogP contribution < -0.4 is 5.32 Å². The highest BCUT2D eigenvalue weighted by molar-refractivity contribution is 5.78. The zero-order valence-corrected chi connectivity index (χ0v) is 10.9. The van der Waals surface area contributed by atoms with Crippen LogP contribution in [0.1, 0.15) is 39.5 Å². The van der Waals surface area contributed by atoms with Crippen LogP contribution in [0, 0.1) is 0 Å². The molecule has 0 radical (unpaired) electrons. The molecular formula is C12H21F3N2O. The van der Waals surface area contributed by atoms with Crippen molar-refractivity contribution in [1.29, 1.82) is 0 Å². The fourth-order valence-corrected chi connectivity index (χ4v) is 1.96. The summed E-state index contributed by atoms with van der Waals surface area (Å²) in [5.74, 6) is -0.451. The highest BCUT2D eigenvalue weighted by Gasteiger charge is 2.35. The smallest absolute Gasteiger partial charge is 0.330 e. The average Bonchev–Trinajstić information content (AvgIpc) is 3.08. The summed E-state index contributed by atoms with van der Waals surface area (Å²) in [7, 11) is 0. The highest BCUT2D eigenvalue weighted by Crippen LogP contribution is 2.21. The van der Waals surface area contributed by atoms with Crippen molar-refractivity contribution < 1.29 is 18.0 Å². The summed E-state index contributed by atoms with van der Waals surface area (Å²) < 4.78 is 37.5. The molecule has 0 aromatic heterocycles. The van der Waals surface area contributed by atoms with Gasteiger partial charge >= 0.3 is 6.18 Å². The summed E-state index contributed by atoms with van der Waals surface area (Å²) in [5.41, 5.74) is 0. The first-order valence-corrected chi connectivity index (χ1v) is 6.47. The molecule has 106 valence electrons. The molecule has 1 N–H and O–H groups in total. The van der Waals surface area contributed by atoms with Gasteiger partial charge in [-0.25, -0.2) is 0 Å². The lowest BCUT2D eigenvalue weighted by Crippen LogP contribution is -2.48. The lowest BCUT2D eigenvalue weighted by molar-refractivity contribution is -0.165. The standard InChI is InChI=1S/C12H21F3N2O/c1-3-10(4-2)17(8-12(13,14)15)11(18)7-16-9-5-6-9/h9-10,16H,3-8H2,1-2H3. The number of hydrogen-bond acceptors (Lipinski definition) is 2. The molecule has 0 atom stereocenters. The third-order valence-corrected chi connectivity index (χ3v) is 3.17. The van der Waals surface area contributed by atoms with Crippen LogP contribution in [0.5, 0.6) is 0 Å². The number of hydrogen-bond donors (Lipinski definition) is 1. The van der Waals surface area contributed by atoms with Crippen LogP contribution in [0.2, 0.25) is 0 Å². The van der Waals surface area contributed by atoms with Crippen molar-refractivity contribution in [2.75, 3.05) is 13.1 Å². The molecule has 18 heavy (non-hydrogen) atoms. The Bertz CT molecular complexity index is 273. The Morgan fingerprint density at radius 1 is 1.33 bits per heavy atom. The molecule has 0 unspecified atom stereocenters. The second-order valence-corrected chi connectivity index (χ2v) is 4.76. The molecule has 6 heteroatoms. The van der Waals surface area contributed by atoms with E-state index in [0.29, 0.717) is 18.9 Å². The average molecular weight is 266 g/mol. The van der Waals surface area contributed by atoms with E-state index in [4.69, 9.17) is 0 Å². The van der Waals surface area contributed by atoms with Crippen molar-refractivity contribution in [3.63, 3.8) is 0 Å². The molecule has 3 nitrogen and oxygen atoms in total. The van der Waals surface area contributed by atoms with Gasteiger partial charge in [0.15, 0.2) is 0 Å². The SMILES string of the molecule is CCC(CC)N(CC(F)(F)F)C(=O)CNC1CC1. The maximum Gasteiger partial charge on any atom is 0.406 e. The van der Waals surface area contributed by atoms with Gasteiger partial charge < -0.3 is 10.2 Å². The van der Waals surface area contributed by atoms with Crippen LogP contribution in [0.15, 0.2) is 0 Å². The number of amides is 1. The number of rotatable bonds is 7. The van der Waals surface area contributed by atoms with E-state index >= 15 is 0 Å². The van der Waals surface area contributed by atoms with Crippen LogP contribution in [0.25, 0.3) is 0 Å². The minimum atomic E-state index is -4.34. The van der Waals surface area contributed by atoms with E-state index in [9.17, 15) is 18.0 Å². The quantitative estimate of drug-likeness (QED) is 0.767. The monoisotopic (exact) mass is 266 g/mol.